The summed E-state index contributed by atoms with van der Waals surface area (Å²) < 4.78 is 11.0. The predicted octanol–water partition coefficient (Wildman–Crippen LogP) is 2.34. The first kappa shape index (κ1) is 20.9. The molecular weight excluding hydrogens is 382 g/mol. The van der Waals surface area contributed by atoms with E-state index >= 15 is 0 Å². The van der Waals surface area contributed by atoms with Crippen LogP contribution in [0.3, 0.4) is 0 Å². The number of rotatable bonds is 7. The molecule has 154 valence electrons. The molecule has 0 saturated carbocycles. The summed E-state index contributed by atoms with van der Waals surface area (Å²) in [4.78, 5) is 20.8. The number of nitriles is 2. The van der Waals surface area contributed by atoms with Gasteiger partial charge in [0.15, 0.2) is 11.5 Å². The Hall–Kier alpha value is -3.78. The van der Waals surface area contributed by atoms with Crippen molar-refractivity contribution in [1.29, 1.82) is 10.5 Å². The van der Waals surface area contributed by atoms with Gasteiger partial charge >= 0.3 is 0 Å². The molecule has 8 nitrogen and oxygen atoms in total. The van der Waals surface area contributed by atoms with E-state index in [0.29, 0.717) is 68.3 Å². The number of amides is 1. The topological polar surface area (TPSA) is 102 Å². The molecule has 1 saturated heterocycles. The lowest BCUT2D eigenvalue weighted by molar-refractivity contribution is -0.131. The SMILES string of the molecule is COc1cc(C#N)ccc1OCCCC(=O)N1CCN(c2cc(C#N)ccn2)CC1. The number of aromatic nitrogens is 1. The molecule has 0 bridgehead atoms. The third-order valence-corrected chi connectivity index (χ3v) is 4.92. The second kappa shape index (κ2) is 10.1. The molecule has 0 N–H and O–H groups in total. The van der Waals surface area contributed by atoms with E-state index < -0.39 is 0 Å². The van der Waals surface area contributed by atoms with Crippen molar-refractivity contribution in [3.63, 3.8) is 0 Å². The van der Waals surface area contributed by atoms with Gasteiger partial charge in [-0.05, 0) is 30.7 Å². The highest BCUT2D eigenvalue weighted by Crippen LogP contribution is 2.28. The van der Waals surface area contributed by atoms with Crippen LogP contribution in [0.5, 0.6) is 11.5 Å². The minimum atomic E-state index is 0.101. The van der Waals surface area contributed by atoms with Crippen molar-refractivity contribution < 1.29 is 14.3 Å². The lowest BCUT2D eigenvalue weighted by atomic mass is 10.2. The van der Waals surface area contributed by atoms with Crippen LogP contribution in [0.4, 0.5) is 5.82 Å². The molecule has 2 aromatic rings. The number of carbonyl (C=O) groups excluding carboxylic acids is 1. The van der Waals surface area contributed by atoms with E-state index in [-0.39, 0.29) is 5.91 Å². The van der Waals surface area contributed by atoms with Gasteiger partial charge in [0.05, 0.1) is 37.0 Å². The Morgan fingerprint density at radius 3 is 2.50 bits per heavy atom. The van der Waals surface area contributed by atoms with E-state index in [0.717, 1.165) is 5.82 Å². The predicted molar refractivity (Wildman–Crippen MR) is 110 cm³/mol. The van der Waals surface area contributed by atoms with E-state index in [1.165, 1.54) is 7.11 Å². The number of hydrogen-bond donors (Lipinski definition) is 0. The molecule has 1 fully saturated rings. The summed E-state index contributed by atoms with van der Waals surface area (Å²) in [7, 11) is 1.53. The molecule has 1 amide bonds. The van der Waals surface area contributed by atoms with Gasteiger partial charge < -0.3 is 19.3 Å². The van der Waals surface area contributed by atoms with E-state index in [1.54, 1.807) is 36.5 Å². The number of carbonyl (C=O) groups is 1. The van der Waals surface area contributed by atoms with Crippen LogP contribution >= 0.6 is 0 Å². The Morgan fingerprint density at radius 1 is 1.07 bits per heavy atom. The van der Waals surface area contributed by atoms with Gasteiger partial charge in [-0.15, -0.1) is 0 Å². The van der Waals surface area contributed by atoms with Gasteiger partial charge in [-0.1, -0.05) is 0 Å². The number of hydrogen-bond acceptors (Lipinski definition) is 7. The molecule has 1 aromatic carbocycles. The third-order valence-electron chi connectivity index (χ3n) is 4.92. The summed E-state index contributed by atoms with van der Waals surface area (Å²) in [6.45, 7) is 3.02. The minimum absolute atomic E-state index is 0.101. The number of ether oxygens (including phenoxy) is 2. The maximum absolute atomic E-state index is 12.5. The normalized spacial score (nSPS) is 13.3. The van der Waals surface area contributed by atoms with Crippen molar-refractivity contribution in [3.8, 4) is 23.6 Å². The smallest absolute Gasteiger partial charge is 0.222 e. The van der Waals surface area contributed by atoms with Crippen LogP contribution < -0.4 is 14.4 Å². The van der Waals surface area contributed by atoms with E-state index in [4.69, 9.17) is 20.0 Å². The Bertz CT molecular complexity index is 971. The van der Waals surface area contributed by atoms with Crippen molar-refractivity contribution in [2.45, 2.75) is 12.8 Å². The van der Waals surface area contributed by atoms with Gasteiger partial charge in [-0.25, -0.2) is 4.98 Å². The molecule has 1 aliphatic rings. The summed E-state index contributed by atoms with van der Waals surface area (Å²) in [5, 5.41) is 18.0. The molecule has 30 heavy (non-hydrogen) atoms. The fourth-order valence-electron chi connectivity index (χ4n) is 3.27. The second-order valence-corrected chi connectivity index (χ2v) is 6.81. The number of piperazine rings is 1. The molecule has 0 aliphatic carbocycles. The Balaban J connectivity index is 1.42. The summed E-state index contributed by atoms with van der Waals surface area (Å²) in [5.74, 6) is 1.94. The van der Waals surface area contributed by atoms with Crippen LogP contribution in [0.15, 0.2) is 36.5 Å². The van der Waals surface area contributed by atoms with Gasteiger partial charge in [-0.3, -0.25) is 4.79 Å². The average Bonchev–Trinajstić information content (AvgIpc) is 2.81. The molecule has 0 atom stereocenters. The van der Waals surface area contributed by atoms with Gasteiger partial charge in [-0.2, -0.15) is 10.5 Å². The molecule has 3 rings (SSSR count). The number of pyridine rings is 1. The molecular formula is C22H23N5O3. The Labute approximate surface area is 175 Å². The third kappa shape index (κ3) is 5.18. The van der Waals surface area contributed by atoms with Crippen LogP contribution in [0.25, 0.3) is 0 Å². The number of methoxy groups -OCH3 is 1. The summed E-state index contributed by atoms with van der Waals surface area (Å²) >= 11 is 0. The summed E-state index contributed by atoms with van der Waals surface area (Å²) in [5.41, 5.74) is 1.08. The van der Waals surface area contributed by atoms with E-state index in [2.05, 4.69) is 22.0 Å². The Kier molecular flexibility index (Phi) is 7.07. The van der Waals surface area contributed by atoms with Crippen molar-refractivity contribution in [2.24, 2.45) is 0 Å². The lowest BCUT2D eigenvalue weighted by Crippen LogP contribution is -2.49. The van der Waals surface area contributed by atoms with Gasteiger partial charge in [0.2, 0.25) is 5.91 Å². The zero-order chi connectivity index (χ0) is 21.3. The Morgan fingerprint density at radius 2 is 1.80 bits per heavy atom. The van der Waals surface area contributed by atoms with Crippen LogP contribution in [-0.4, -0.2) is 55.7 Å². The molecule has 0 spiro atoms. The second-order valence-electron chi connectivity index (χ2n) is 6.81. The maximum Gasteiger partial charge on any atom is 0.222 e. The fourth-order valence-corrected chi connectivity index (χ4v) is 3.27. The minimum Gasteiger partial charge on any atom is -0.493 e. The van der Waals surface area contributed by atoms with Crippen molar-refractivity contribution >= 4 is 11.7 Å². The maximum atomic E-state index is 12.5. The zero-order valence-electron chi connectivity index (χ0n) is 16.9. The number of nitrogens with zero attached hydrogens (tertiary/aromatic N) is 5. The molecule has 2 heterocycles. The monoisotopic (exact) mass is 405 g/mol. The highest BCUT2D eigenvalue weighted by Gasteiger charge is 2.21. The van der Waals surface area contributed by atoms with Crippen LogP contribution in [-0.2, 0) is 4.79 Å². The van der Waals surface area contributed by atoms with E-state index in [9.17, 15) is 4.79 Å². The van der Waals surface area contributed by atoms with Crippen LogP contribution in [0, 0.1) is 22.7 Å². The summed E-state index contributed by atoms with van der Waals surface area (Å²) in [6, 6.07) is 12.6. The van der Waals surface area contributed by atoms with Gasteiger partial charge in [0.1, 0.15) is 5.82 Å². The zero-order valence-corrected chi connectivity index (χ0v) is 16.9. The molecule has 0 radical (unpaired) electrons. The highest BCUT2D eigenvalue weighted by molar-refractivity contribution is 5.76. The average molecular weight is 405 g/mol. The first-order chi connectivity index (χ1) is 14.6. The highest BCUT2D eigenvalue weighted by atomic mass is 16.5. The standard InChI is InChI=1S/C22H23N5O3/c1-29-20-13-17(15-23)4-5-19(20)30-12-2-3-22(28)27-10-8-26(9-11-27)21-14-18(16-24)6-7-25-21/h4-7,13-14H,2-3,8-12H2,1H3. The molecule has 0 unspecified atom stereocenters. The summed E-state index contributed by atoms with van der Waals surface area (Å²) in [6.07, 6.45) is 2.63. The number of anilines is 1. The van der Waals surface area contributed by atoms with Crippen molar-refractivity contribution in [3.05, 3.63) is 47.7 Å². The molecule has 1 aliphatic heterocycles. The lowest BCUT2D eigenvalue weighted by Gasteiger charge is -2.35. The quantitative estimate of drug-likeness (QED) is 0.652. The first-order valence-electron chi connectivity index (χ1n) is 9.74. The van der Waals surface area contributed by atoms with Crippen LogP contribution in [0.2, 0.25) is 0 Å². The largest absolute Gasteiger partial charge is 0.493 e. The number of benzene rings is 1. The molecule has 1 aromatic heterocycles. The molecule has 8 heteroatoms. The van der Waals surface area contributed by atoms with E-state index in [1.807, 2.05) is 4.90 Å². The van der Waals surface area contributed by atoms with Gasteiger partial charge in [0.25, 0.3) is 0 Å². The van der Waals surface area contributed by atoms with Gasteiger partial charge in [0, 0.05) is 44.9 Å². The van der Waals surface area contributed by atoms with Crippen LogP contribution in [0.1, 0.15) is 24.0 Å². The fraction of sp³-hybridized carbons (Fsp3) is 0.364. The van der Waals surface area contributed by atoms with Crippen molar-refractivity contribution in [1.82, 2.24) is 9.88 Å². The van der Waals surface area contributed by atoms with Crippen molar-refractivity contribution in [2.75, 3.05) is 44.8 Å². The first-order valence-corrected chi connectivity index (χ1v) is 9.74.